The van der Waals surface area contributed by atoms with E-state index in [9.17, 15) is 9.90 Å². The Labute approximate surface area is 119 Å². The van der Waals surface area contributed by atoms with E-state index in [1.807, 2.05) is 6.07 Å². The molecular weight excluding hydrogens is 254 g/mol. The number of carboxylic acids is 1. The smallest absolute Gasteiger partial charge is 0.313 e. The predicted molar refractivity (Wildman–Crippen MR) is 75.7 cm³/mol. The summed E-state index contributed by atoms with van der Waals surface area (Å²) in [4.78, 5) is 13.8. The molecule has 0 amide bonds. The summed E-state index contributed by atoms with van der Waals surface area (Å²) in [5.74, 6) is -0.178. The zero-order chi connectivity index (χ0) is 14.0. The molecule has 1 aromatic carbocycles. The van der Waals surface area contributed by atoms with Crippen LogP contribution in [-0.2, 0) is 9.53 Å². The van der Waals surface area contributed by atoms with Gasteiger partial charge in [0.25, 0.3) is 0 Å². The standard InChI is InChI=1S/C16H21NO3/c18-15(19)16(7-9-20-12-16)11-17-8-6-14(10-17)13-4-2-1-3-5-13/h1-5,14H,6-12H2,(H,18,19). The molecule has 0 aliphatic carbocycles. The van der Waals surface area contributed by atoms with Gasteiger partial charge in [0.15, 0.2) is 0 Å². The van der Waals surface area contributed by atoms with Crippen LogP contribution in [0.4, 0.5) is 0 Å². The zero-order valence-electron chi connectivity index (χ0n) is 11.6. The van der Waals surface area contributed by atoms with Crippen molar-refractivity contribution in [3.63, 3.8) is 0 Å². The van der Waals surface area contributed by atoms with Gasteiger partial charge in [-0.15, -0.1) is 0 Å². The van der Waals surface area contributed by atoms with Gasteiger partial charge in [0, 0.05) is 19.7 Å². The van der Waals surface area contributed by atoms with E-state index in [0.29, 0.717) is 32.1 Å². The summed E-state index contributed by atoms with van der Waals surface area (Å²) in [6.07, 6.45) is 1.75. The highest BCUT2D eigenvalue weighted by atomic mass is 16.5. The lowest BCUT2D eigenvalue weighted by atomic mass is 9.87. The topological polar surface area (TPSA) is 49.8 Å². The molecule has 2 saturated heterocycles. The third-order valence-electron chi connectivity index (χ3n) is 4.63. The fourth-order valence-electron chi connectivity index (χ4n) is 3.37. The van der Waals surface area contributed by atoms with Crippen LogP contribution in [-0.4, -0.2) is 48.8 Å². The maximum Gasteiger partial charge on any atom is 0.313 e. The van der Waals surface area contributed by atoms with Crippen molar-refractivity contribution in [2.24, 2.45) is 5.41 Å². The first-order valence-electron chi connectivity index (χ1n) is 7.28. The van der Waals surface area contributed by atoms with Crippen molar-refractivity contribution in [3.05, 3.63) is 35.9 Å². The fourth-order valence-corrected chi connectivity index (χ4v) is 3.37. The van der Waals surface area contributed by atoms with Crippen molar-refractivity contribution >= 4 is 5.97 Å². The third-order valence-corrected chi connectivity index (χ3v) is 4.63. The molecule has 1 N–H and O–H groups in total. The summed E-state index contributed by atoms with van der Waals surface area (Å²) < 4.78 is 5.34. The van der Waals surface area contributed by atoms with Crippen molar-refractivity contribution in [1.82, 2.24) is 4.90 Å². The van der Waals surface area contributed by atoms with Gasteiger partial charge in [0.1, 0.15) is 5.41 Å². The van der Waals surface area contributed by atoms with Crippen molar-refractivity contribution in [1.29, 1.82) is 0 Å². The Bertz CT molecular complexity index is 468. The Kier molecular flexibility index (Phi) is 3.76. The van der Waals surface area contributed by atoms with Crippen LogP contribution in [0.15, 0.2) is 30.3 Å². The Morgan fingerprint density at radius 1 is 1.40 bits per heavy atom. The number of likely N-dealkylation sites (tertiary alicyclic amines) is 1. The molecule has 20 heavy (non-hydrogen) atoms. The lowest BCUT2D eigenvalue weighted by Gasteiger charge is -2.28. The second-order valence-corrected chi connectivity index (χ2v) is 6.02. The predicted octanol–water partition coefficient (Wildman–Crippen LogP) is 1.97. The molecular formula is C16H21NO3. The normalized spacial score (nSPS) is 30.7. The van der Waals surface area contributed by atoms with E-state index in [1.54, 1.807) is 0 Å². The number of nitrogens with zero attached hydrogens (tertiary/aromatic N) is 1. The molecule has 0 saturated carbocycles. The highest BCUT2D eigenvalue weighted by Gasteiger charge is 2.44. The van der Waals surface area contributed by atoms with E-state index in [4.69, 9.17) is 4.74 Å². The van der Waals surface area contributed by atoms with Crippen LogP contribution >= 0.6 is 0 Å². The molecule has 4 heteroatoms. The molecule has 0 spiro atoms. The Morgan fingerprint density at radius 2 is 2.20 bits per heavy atom. The number of hydrogen-bond donors (Lipinski definition) is 1. The van der Waals surface area contributed by atoms with E-state index in [-0.39, 0.29) is 0 Å². The first-order chi connectivity index (χ1) is 9.70. The average Bonchev–Trinajstić information content (AvgIpc) is 3.10. The second kappa shape index (κ2) is 5.54. The Hall–Kier alpha value is -1.39. The van der Waals surface area contributed by atoms with Crippen LogP contribution in [0.3, 0.4) is 0 Å². The monoisotopic (exact) mass is 275 g/mol. The van der Waals surface area contributed by atoms with Gasteiger partial charge in [-0.1, -0.05) is 30.3 Å². The largest absolute Gasteiger partial charge is 0.481 e. The molecule has 2 aliphatic rings. The molecule has 2 aliphatic heterocycles. The summed E-state index contributed by atoms with van der Waals surface area (Å²) in [5.41, 5.74) is 0.674. The molecule has 0 radical (unpaired) electrons. The minimum absolute atomic E-state index is 0.356. The SMILES string of the molecule is O=C(O)C1(CN2CCC(c3ccccc3)C2)CCOC1. The average molecular weight is 275 g/mol. The number of benzene rings is 1. The van der Waals surface area contributed by atoms with Gasteiger partial charge in [-0.3, -0.25) is 4.79 Å². The Balaban J connectivity index is 1.64. The maximum atomic E-state index is 11.6. The lowest BCUT2D eigenvalue weighted by molar-refractivity contribution is -0.150. The molecule has 3 rings (SSSR count). The van der Waals surface area contributed by atoms with Crippen LogP contribution in [0.25, 0.3) is 0 Å². The van der Waals surface area contributed by atoms with Crippen LogP contribution in [0.1, 0.15) is 24.3 Å². The highest BCUT2D eigenvalue weighted by Crippen LogP contribution is 2.34. The number of hydrogen-bond acceptors (Lipinski definition) is 3. The van der Waals surface area contributed by atoms with E-state index in [0.717, 1.165) is 19.5 Å². The number of carbonyl (C=O) groups is 1. The molecule has 108 valence electrons. The van der Waals surface area contributed by atoms with Crippen molar-refractivity contribution in [2.45, 2.75) is 18.8 Å². The maximum absolute atomic E-state index is 11.6. The number of rotatable bonds is 4. The van der Waals surface area contributed by atoms with Gasteiger partial charge in [-0.05, 0) is 30.9 Å². The first kappa shape index (κ1) is 13.6. The molecule has 0 bridgehead atoms. The summed E-state index contributed by atoms with van der Waals surface area (Å²) in [7, 11) is 0. The molecule has 1 aromatic rings. The fraction of sp³-hybridized carbons (Fsp3) is 0.562. The number of carboxylic acid groups (broad SMARTS) is 1. The lowest BCUT2D eigenvalue weighted by Crippen LogP contribution is -2.43. The van der Waals surface area contributed by atoms with Gasteiger partial charge in [0.2, 0.25) is 0 Å². The van der Waals surface area contributed by atoms with Crippen LogP contribution in [0.5, 0.6) is 0 Å². The number of ether oxygens (including phenoxy) is 1. The van der Waals surface area contributed by atoms with Crippen LogP contribution in [0, 0.1) is 5.41 Å². The molecule has 2 atom stereocenters. The summed E-state index contributed by atoms with van der Waals surface area (Å²) in [6.45, 7) is 3.48. The van der Waals surface area contributed by atoms with E-state index in [2.05, 4.69) is 29.2 Å². The highest BCUT2D eigenvalue weighted by molar-refractivity contribution is 5.75. The van der Waals surface area contributed by atoms with Crippen LogP contribution in [0.2, 0.25) is 0 Å². The van der Waals surface area contributed by atoms with Gasteiger partial charge in [-0.25, -0.2) is 0 Å². The summed E-state index contributed by atoms with van der Waals surface area (Å²) in [6, 6.07) is 10.5. The van der Waals surface area contributed by atoms with Crippen molar-refractivity contribution in [2.75, 3.05) is 32.8 Å². The van der Waals surface area contributed by atoms with Gasteiger partial charge in [0.05, 0.1) is 6.61 Å². The third kappa shape index (κ3) is 2.58. The van der Waals surface area contributed by atoms with Gasteiger partial charge >= 0.3 is 5.97 Å². The van der Waals surface area contributed by atoms with Gasteiger partial charge < -0.3 is 14.7 Å². The molecule has 4 nitrogen and oxygen atoms in total. The second-order valence-electron chi connectivity index (χ2n) is 6.02. The summed E-state index contributed by atoms with van der Waals surface area (Å²) in [5, 5.41) is 9.50. The molecule has 0 aromatic heterocycles. The first-order valence-corrected chi connectivity index (χ1v) is 7.28. The minimum Gasteiger partial charge on any atom is -0.481 e. The zero-order valence-corrected chi connectivity index (χ0v) is 11.6. The van der Waals surface area contributed by atoms with Crippen molar-refractivity contribution < 1.29 is 14.6 Å². The number of aliphatic carboxylic acids is 1. The van der Waals surface area contributed by atoms with Gasteiger partial charge in [-0.2, -0.15) is 0 Å². The molecule has 2 fully saturated rings. The van der Waals surface area contributed by atoms with E-state index < -0.39 is 11.4 Å². The van der Waals surface area contributed by atoms with E-state index >= 15 is 0 Å². The quantitative estimate of drug-likeness (QED) is 0.912. The molecule has 2 heterocycles. The van der Waals surface area contributed by atoms with E-state index in [1.165, 1.54) is 5.56 Å². The molecule has 2 unspecified atom stereocenters. The van der Waals surface area contributed by atoms with Crippen LogP contribution < -0.4 is 0 Å². The summed E-state index contributed by atoms with van der Waals surface area (Å²) >= 11 is 0. The minimum atomic E-state index is -0.710. The Morgan fingerprint density at radius 3 is 2.85 bits per heavy atom. The van der Waals surface area contributed by atoms with Crippen molar-refractivity contribution in [3.8, 4) is 0 Å².